The molecule has 96 valence electrons. The molecule has 0 fully saturated rings. The summed E-state index contributed by atoms with van der Waals surface area (Å²) in [5.74, 6) is 1.52. The maximum atomic E-state index is 4.33. The van der Waals surface area contributed by atoms with Gasteiger partial charge in [0.05, 0.1) is 17.4 Å². The smallest absolute Gasteiger partial charge is 0.135 e. The number of benzene rings is 1. The van der Waals surface area contributed by atoms with Gasteiger partial charge in [-0.1, -0.05) is 0 Å². The summed E-state index contributed by atoms with van der Waals surface area (Å²) in [5.41, 5.74) is 3.01. The summed E-state index contributed by atoms with van der Waals surface area (Å²) >= 11 is 0. The van der Waals surface area contributed by atoms with E-state index in [1.165, 1.54) is 6.33 Å². The van der Waals surface area contributed by atoms with E-state index in [0.717, 1.165) is 28.4 Å². The molecule has 6 nitrogen and oxygen atoms in total. The molecule has 3 aromatic rings. The lowest BCUT2D eigenvalue weighted by Crippen LogP contribution is -1.98. The first-order valence-corrected chi connectivity index (χ1v) is 5.94. The van der Waals surface area contributed by atoms with Gasteiger partial charge in [0.25, 0.3) is 0 Å². The van der Waals surface area contributed by atoms with Gasteiger partial charge in [0.1, 0.15) is 18.0 Å². The van der Waals surface area contributed by atoms with Gasteiger partial charge in [-0.2, -0.15) is 0 Å². The van der Waals surface area contributed by atoms with Crippen molar-refractivity contribution in [3.8, 4) is 0 Å². The fourth-order valence-electron chi connectivity index (χ4n) is 1.92. The van der Waals surface area contributed by atoms with E-state index in [-0.39, 0.29) is 0 Å². The molecular formula is C13H14N6. The van der Waals surface area contributed by atoms with Crippen LogP contribution in [0.5, 0.6) is 0 Å². The fraction of sp³-hybridized carbons (Fsp3) is 0.154. The van der Waals surface area contributed by atoms with Gasteiger partial charge in [0.15, 0.2) is 0 Å². The molecule has 0 aliphatic carbocycles. The van der Waals surface area contributed by atoms with Crippen LogP contribution >= 0.6 is 0 Å². The van der Waals surface area contributed by atoms with Crippen molar-refractivity contribution in [3.05, 3.63) is 36.9 Å². The van der Waals surface area contributed by atoms with Crippen LogP contribution in [-0.2, 0) is 7.05 Å². The first-order valence-electron chi connectivity index (χ1n) is 5.94. The van der Waals surface area contributed by atoms with E-state index < -0.39 is 0 Å². The van der Waals surface area contributed by atoms with Crippen molar-refractivity contribution in [3.63, 3.8) is 0 Å². The highest BCUT2D eigenvalue weighted by molar-refractivity contribution is 5.80. The van der Waals surface area contributed by atoms with E-state index in [4.69, 9.17) is 0 Å². The van der Waals surface area contributed by atoms with Crippen molar-refractivity contribution in [2.24, 2.45) is 7.05 Å². The standard InChI is InChI=1S/C13H14N6/c1-14-12-6-13(16-7-15-12)18-9-3-4-11-10(5-9)17-8-19(11)2/h3-8H,1-2H3,(H2,14,15,16,18). The molecule has 19 heavy (non-hydrogen) atoms. The highest BCUT2D eigenvalue weighted by atomic mass is 15.1. The Bertz CT molecular complexity index is 718. The number of rotatable bonds is 3. The first-order chi connectivity index (χ1) is 9.26. The van der Waals surface area contributed by atoms with Crippen LogP contribution in [0.25, 0.3) is 11.0 Å². The molecule has 6 heteroatoms. The predicted octanol–water partition coefficient (Wildman–Crippen LogP) is 2.15. The van der Waals surface area contributed by atoms with Crippen molar-refractivity contribution >= 4 is 28.4 Å². The van der Waals surface area contributed by atoms with Gasteiger partial charge in [-0.3, -0.25) is 0 Å². The quantitative estimate of drug-likeness (QED) is 0.749. The second-order valence-corrected chi connectivity index (χ2v) is 4.22. The van der Waals surface area contributed by atoms with E-state index >= 15 is 0 Å². The van der Waals surface area contributed by atoms with Crippen LogP contribution in [0, 0.1) is 0 Å². The summed E-state index contributed by atoms with van der Waals surface area (Å²) in [6.45, 7) is 0. The number of nitrogens with one attached hydrogen (secondary N) is 2. The molecule has 0 saturated heterocycles. The van der Waals surface area contributed by atoms with E-state index in [1.807, 2.05) is 42.9 Å². The van der Waals surface area contributed by atoms with Crippen molar-refractivity contribution in [2.75, 3.05) is 17.7 Å². The zero-order valence-electron chi connectivity index (χ0n) is 10.8. The third kappa shape index (κ3) is 2.20. The number of hydrogen-bond donors (Lipinski definition) is 2. The molecule has 0 aliphatic rings. The first kappa shape index (κ1) is 11.5. The van der Waals surface area contributed by atoms with Gasteiger partial charge < -0.3 is 15.2 Å². The zero-order chi connectivity index (χ0) is 13.2. The lowest BCUT2D eigenvalue weighted by Gasteiger charge is -2.06. The number of aryl methyl sites for hydroxylation is 1. The summed E-state index contributed by atoms with van der Waals surface area (Å²) in [6.07, 6.45) is 3.33. The minimum Gasteiger partial charge on any atom is -0.373 e. The maximum absolute atomic E-state index is 4.33. The molecule has 0 atom stereocenters. The molecule has 0 unspecified atom stereocenters. The molecule has 2 heterocycles. The van der Waals surface area contributed by atoms with Gasteiger partial charge in [0, 0.05) is 25.8 Å². The summed E-state index contributed by atoms with van der Waals surface area (Å²) < 4.78 is 1.99. The SMILES string of the molecule is CNc1cc(Nc2ccc3c(c2)ncn3C)ncn1. The molecule has 0 amide bonds. The molecule has 0 aliphatic heterocycles. The summed E-state index contributed by atoms with van der Waals surface area (Å²) in [4.78, 5) is 12.6. The van der Waals surface area contributed by atoms with Crippen LogP contribution in [-0.4, -0.2) is 26.6 Å². The third-order valence-electron chi connectivity index (χ3n) is 2.92. The zero-order valence-corrected chi connectivity index (χ0v) is 10.8. The predicted molar refractivity (Wildman–Crippen MR) is 75.6 cm³/mol. The van der Waals surface area contributed by atoms with Crippen LogP contribution in [0.1, 0.15) is 0 Å². The summed E-state index contributed by atoms with van der Waals surface area (Å²) in [5, 5.41) is 6.22. The van der Waals surface area contributed by atoms with Gasteiger partial charge in [-0.05, 0) is 18.2 Å². The minimum absolute atomic E-state index is 0.745. The topological polar surface area (TPSA) is 67.7 Å². The van der Waals surface area contributed by atoms with E-state index in [2.05, 4.69) is 25.6 Å². The monoisotopic (exact) mass is 254 g/mol. The summed E-state index contributed by atoms with van der Waals surface area (Å²) in [7, 11) is 3.80. The minimum atomic E-state index is 0.745. The number of fused-ring (bicyclic) bond motifs is 1. The van der Waals surface area contributed by atoms with Crippen molar-refractivity contribution in [1.82, 2.24) is 19.5 Å². The van der Waals surface area contributed by atoms with Crippen molar-refractivity contribution in [2.45, 2.75) is 0 Å². The van der Waals surface area contributed by atoms with E-state index in [9.17, 15) is 0 Å². The van der Waals surface area contributed by atoms with E-state index in [1.54, 1.807) is 6.33 Å². The molecule has 3 rings (SSSR count). The number of hydrogen-bond acceptors (Lipinski definition) is 5. The Morgan fingerprint density at radius 3 is 2.74 bits per heavy atom. The van der Waals surface area contributed by atoms with E-state index in [0.29, 0.717) is 0 Å². The summed E-state index contributed by atoms with van der Waals surface area (Å²) in [6, 6.07) is 7.88. The van der Waals surface area contributed by atoms with Crippen LogP contribution in [0.2, 0.25) is 0 Å². The van der Waals surface area contributed by atoms with Gasteiger partial charge in [0.2, 0.25) is 0 Å². The molecule has 2 N–H and O–H groups in total. The molecule has 1 aromatic carbocycles. The van der Waals surface area contributed by atoms with Gasteiger partial charge in [-0.25, -0.2) is 15.0 Å². The highest BCUT2D eigenvalue weighted by Crippen LogP contribution is 2.20. The number of nitrogens with zero attached hydrogens (tertiary/aromatic N) is 4. The van der Waals surface area contributed by atoms with Gasteiger partial charge in [-0.15, -0.1) is 0 Å². The highest BCUT2D eigenvalue weighted by Gasteiger charge is 2.02. The molecule has 0 radical (unpaired) electrons. The Labute approximate surface area is 110 Å². The van der Waals surface area contributed by atoms with Crippen LogP contribution < -0.4 is 10.6 Å². The Kier molecular flexibility index (Phi) is 2.75. The molecule has 0 spiro atoms. The number of aromatic nitrogens is 4. The Hall–Kier alpha value is -2.63. The van der Waals surface area contributed by atoms with Crippen LogP contribution in [0.15, 0.2) is 36.9 Å². The second kappa shape index (κ2) is 4.56. The average Bonchev–Trinajstić information content (AvgIpc) is 2.80. The molecule has 2 aromatic heterocycles. The average molecular weight is 254 g/mol. The Morgan fingerprint density at radius 1 is 1.05 bits per heavy atom. The lowest BCUT2D eigenvalue weighted by molar-refractivity contribution is 0.948. The Balaban J connectivity index is 1.91. The number of anilines is 3. The second-order valence-electron chi connectivity index (χ2n) is 4.22. The molecule has 0 bridgehead atoms. The largest absolute Gasteiger partial charge is 0.373 e. The normalized spacial score (nSPS) is 10.6. The van der Waals surface area contributed by atoms with Gasteiger partial charge >= 0.3 is 0 Å². The third-order valence-corrected chi connectivity index (χ3v) is 2.92. The van der Waals surface area contributed by atoms with Crippen molar-refractivity contribution in [1.29, 1.82) is 0 Å². The van der Waals surface area contributed by atoms with Crippen molar-refractivity contribution < 1.29 is 0 Å². The lowest BCUT2D eigenvalue weighted by atomic mass is 10.2. The molecular weight excluding hydrogens is 240 g/mol. The van der Waals surface area contributed by atoms with Crippen LogP contribution in [0.4, 0.5) is 17.3 Å². The Morgan fingerprint density at radius 2 is 1.89 bits per heavy atom. The van der Waals surface area contributed by atoms with Crippen LogP contribution in [0.3, 0.4) is 0 Å². The molecule has 0 saturated carbocycles. The fourth-order valence-corrected chi connectivity index (χ4v) is 1.92. The maximum Gasteiger partial charge on any atom is 0.135 e. The number of imidazole rings is 1.